The Hall–Kier alpha value is -1.28. The van der Waals surface area contributed by atoms with Crippen LogP contribution in [0.4, 0.5) is 5.69 Å². The van der Waals surface area contributed by atoms with Gasteiger partial charge in [0.15, 0.2) is 0 Å². The summed E-state index contributed by atoms with van der Waals surface area (Å²) in [7, 11) is 0. The van der Waals surface area contributed by atoms with Gasteiger partial charge in [0, 0.05) is 12.2 Å². The van der Waals surface area contributed by atoms with Crippen molar-refractivity contribution in [2.24, 2.45) is 11.1 Å². The number of nitrogens with one attached hydrogen (secondary N) is 1. The molecule has 0 heterocycles. The zero-order valence-corrected chi connectivity index (χ0v) is 21.3. The number of nitrogens with two attached hydrogens (primary N) is 1. The topological polar surface area (TPSA) is 38.0 Å². The molecule has 2 nitrogen and oxygen atoms in total. The van der Waals surface area contributed by atoms with E-state index in [0.29, 0.717) is 5.41 Å². The minimum Gasteiger partial charge on any atom is -0.385 e. The Kier molecular flexibility index (Phi) is 14.7. The quantitative estimate of drug-likeness (QED) is 0.216. The van der Waals surface area contributed by atoms with E-state index in [2.05, 4.69) is 57.8 Å². The van der Waals surface area contributed by atoms with E-state index in [9.17, 15) is 0 Å². The van der Waals surface area contributed by atoms with Crippen LogP contribution in [0.5, 0.6) is 0 Å². The van der Waals surface area contributed by atoms with Gasteiger partial charge in [-0.1, -0.05) is 102 Å². The Balaban J connectivity index is 2.05. The molecule has 0 aromatic heterocycles. The highest BCUT2D eigenvalue weighted by Crippen LogP contribution is 2.34. The van der Waals surface area contributed by atoms with Crippen molar-refractivity contribution in [1.82, 2.24) is 0 Å². The predicted molar refractivity (Wildman–Crippen MR) is 142 cm³/mol. The van der Waals surface area contributed by atoms with Gasteiger partial charge in [-0.2, -0.15) is 0 Å². The van der Waals surface area contributed by atoms with Gasteiger partial charge < -0.3 is 11.1 Å². The highest BCUT2D eigenvalue weighted by atomic mass is 14.9. The molecule has 1 aromatic carbocycles. The average molecular weight is 429 g/mol. The molecule has 0 aliphatic heterocycles. The zero-order valence-electron chi connectivity index (χ0n) is 21.3. The predicted octanol–water partition coefficient (Wildman–Crippen LogP) is 8.89. The molecule has 31 heavy (non-hydrogen) atoms. The molecule has 0 saturated heterocycles. The van der Waals surface area contributed by atoms with E-state index in [1.807, 2.05) is 0 Å². The van der Waals surface area contributed by atoms with Crippen molar-refractivity contribution in [3.05, 3.63) is 35.9 Å². The summed E-state index contributed by atoms with van der Waals surface area (Å²) in [6.45, 7) is 14.9. The molecule has 0 aliphatic rings. The van der Waals surface area contributed by atoms with Crippen molar-refractivity contribution in [3.63, 3.8) is 0 Å². The lowest BCUT2D eigenvalue weighted by atomic mass is 9.75. The number of benzene rings is 1. The minimum atomic E-state index is 0.432. The fourth-order valence-electron chi connectivity index (χ4n) is 5.12. The lowest BCUT2D eigenvalue weighted by Crippen LogP contribution is -2.30. The number of hydrogen-bond acceptors (Lipinski definition) is 2. The van der Waals surface area contributed by atoms with Crippen LogP contribution in [0.3, 0.4) is 0 Å². The van der Waals surface area contributed by atoms with E-state index in [0.717, 1.165) is 18.7 Å². The lowest BCUT2D eigenvalue weighted by Gasteiger charge is -2.32. The average Bonchev–Trinajstić information content (AvgIpc) is 2.75. The number of allylic oxidation sites excluding steroid dienone is 1. The van der Waals surface area contributed by atoms with Crippen LogP contribution in [-0.4, -0.2) is 13.1 Å². The van der Waals surface area contributed by atoms with Crippen LogP contribution in [0.25, 0.3) is 5.57 Å². The third kappa shape index (κ3) is 10.7. The molecular formula is C29H52N2. The largest absolute Gasteiger partial charge is 0.385 e. The SMILES string of the molecule is C=C(C)c1cccc(NCCCCCCCCCCCC(CN)(CCC)CCC)c1C. The summed E-state index contributed by atoms with van der Waals surface area (Å²) in [6.07, 6.45) is 18.8. The third-order valence-electron chi connectivity index (χ3n) is 6.99. The molecule has 0 atom stereocenters. The van der Waals surface area contributed by atoms with Crippen LogP contribution in [0, 0.1) is 12.3 Å². The van der Waals surface area contributed by atoms with E-state index in [4.69, 9.17) is 5.73 Å². The maximum absolute atomic E-state index is 6.16. The van der Waals surface area contributed by atoms with Crippen LogP contribution < -0.4 is 11.1 Å². The van der Waals surface area contributed by atoms with E-state index in [-0.39, 0.29) is 0 Å². The Morgan fingerprint density at radius 1 is 0.871 bits per heavy atom. The van der Waals surface area contributed by atoms with E-state index in [1.54, 1.807) is 0 Å². The van der Waals surface area contributed by atoms with E-state index < -0.39 is 0 Å². The van der Waals surface area contributed by atoms with E-state index in [1.165, 1.54) is 107 Å². The van der Waals surface area contributed by atoms with Gasteiger partial charge in [0.05, 0.1) is 0 Å². The first kappa shape index (κ1) is 27.8. The van der Waals surface area contributed by atoms with Crippen LogP contribution in [-0.2, 0) is 0 Å². The first-order chi connectivity index (χ1) is 15.0. The molecule has 0 spiro atoms. The zero-order chi connectivity index (χ0) is 23.0. The van der Waals surface area contributed by atoms with Crippen molar-refractivity contribution in [2.45, 2.75) is 118 Å². The van der Waals surface area contributed by atoms with Crippen molar-refractivity contribution in [2.75, 3.05) is 18.4 Å². The highest BCUT2D eigenvalue weighted by molar-refractivity contribution is 5.70. The van der Waals surface area contributed by atoms with Crippen molar-refractivity contribution in [1.29, 1.82) is 0 Å². The number of unbranched alkanes of at least 4 members (excludes halogenated alkanes) is 8. The van der Waals surface area contributed by atoms with Gasteiger partial charge in [0.2, 0.25) is 0 Å². The van der Waals surface area contributed by atoms with Crippen LogP contribution >= 0.6 is 0 Å². The summed E-state index contributed by atoms with van der Waals surface area (Å²) < 4.78 is 0. The molecule has 2 heteroatoms. The molecule has 0 fully saturated rings. The molecule has 0 aliphatic carbocycles. The smallest absolute Gasteiger partial charge is 0.0375 e. The molecule has 0 bridgehead atoms. The number of hydrogen-bond donors (Lipinski definition) is 2. The van der Waals surface area contributed by atoms with Gasteiger partial charge in [-0.25, -0.2) is 0 Å². The van der Waals surface area contributed by atoms with Crippen molar-refractivity contribution in [3.8, 4) is 0 Å². The molecule has 1 rings (SSSR count). The summed E-state index contributed by atoms with van der Waals surface area (Å²) in [5.41, 5.74) is 11.6. The Morgan fingerprint density at radius 3 is 1.94 bits per heavy atom. The van der Waals surface area contributed by atoms with Gasteiger partial charge in [0.25, 0.3) is 0 Å². The lowest BCUT2D eigenvalue weighted by molar-refractivity contribution is 0.215. The maximum atomic E-state index is 6.16. The van der Waals surface area contributed by atoms with Gasteiger partial charge in [-0.05, 0) is 68.7 Å². The second-order valence-corrected chi connectivity index (χ2v) is 9.82. The Labute approximate surface area is 194 Å². The summed E-state index contributed by atoms with van der Waals surface area (Å²) in [5.74, 6) is 0. The molecule has 1 aromatic rings. The molecule has 3 N–H and O–H groups in total. The second kappa shape index (κ2) is 16.4. The van der Waals surface area contributed by atoms with Gasteiger partial charge in [-0.15, -0.1) is 0 Å². The molecule has 0 unspecified atom stereocenters. The highest BCUT2D eigenvalue weighted by Gasteiger charge is 2.25. The summed E-state index contributed by atoms with van der Waals surface area (Å²) in [5, 5.41) is 3.62. The first-order valence-corrected chi connectivity index (χ1v) is 13.2. The van der Waals surface area contributed by atoms with Crippen molar-refractivity contribution < 1.29 is 0 Å². The van der Waals surface area contributed by atoms with Crippen LogP contribution in [0.1, 0.15) is 122 Å². The van der Waals surface area contributed by atoms with Gasteiger partial charge in [-0.3, -0.25) is 0 Å². The molecule has 178 valence electrons. The number of anilines is 1. The first-order valence-electron chi connectivity index (χ1n) is 13.2. The Morgan fingerprint density at radius 2 is 1.42 bits per heavy atom. The van der Waals surface area contributed by atoms with Crippen LogP contribution in [0.2, 0.25) is 0 Å². The van der Waals surface area contributed by atoms with Crippen LogP contribution in [0.15, 0.2) is 24.8 Å². The fourth-order valence-corrected chi connectivity index (χ4v) is 5.12. The monoisotopic (exact) mass is 428 g/mol. The molecule has 0 amide bonds. The normalized spacial score (nSPS) is 11.6. The summed E-state index contributed by atoms with van der Waals surface area (Å²) in [6, 6.07) is 6.47. The summed E-state index contributed by atoms with van der Waals surface area (Å²) >= 11 is 0. The van der Waals surface area contributed by atoms with E-state index >= 15 is 0 Å². The van der Waals surface area contributed by atoms with Gasteiger partial charge in [0.1, 0.15) is 0 Å². The fraction of sp³-hybridized carbons (Fsp3) is 0.724. The minimum absolute atomic E-state index is 0.432. The molecule has 0 radical (unpaired) electrons. The number of rotatable bonds is 19. The molecular weight excluding hydrogens is 376 g/mol. The van der Waals surface area contributed by atoms with Crippen molar-refractivity contribution >= 4 is 11.3 Å². The second-order valence-electron chi connectivity index (χ2n) is 9.82. The standard InChI is InChI=1S/C29H52N2/c1-6-20-29(24-30,21-7-2)22-15-13-11-9-8-10-12-14-16-23-31-28-19-17-18-27(25(3)4)26(28)5/h17-19,31H,3,6-16,20-24,30H2,1-2,4-5H3. The maximum Gasteiger partial charge on any atom is 0.0375 e. The summed E-state index contributed by atoms with van der Waals surface area (Å²) in [4.78, 5) is 0. The Bertz CT molecular complexity index is 599. The third-order valence-corrected chi connectivity index (χ3v) is 6.99. The van der Waals surface area contributed by atoms with Gasteiger partial charge >= 0.3 is 0 Å². The molecule has 0 saturated carbocycles.